The lowest BCUT2D eigenvalue weighted by Crippen LogP contribution is -2.39. The first-order chi connectivity index (χ1) is 11.6. The summed E-state index contributed by atoms with van der Waals surface area (Å²) in [5, 5.41) is 0.513. The first kappa shape index (κ1) is 16.8. The van der Waals surface area contributed by atoms with Gasteiger partial charge in [0.25, 0.3) is 5.91 Å². The number of amides is 1. The van der Waals surface area contributed by atoms with Crippen molar-refractivity contribution < 1.29 is 9.53 Å². The molecule has 0 spiro atoms. The van der Waals surface area contributed by atoms with Crippen LogP contribution >= 0.6 is 11.6 Å². The summed E-state index contributed by atoms with van der Waals surface area (Å²) >= 11 is 6.12. The number of carbonyl (C=O) groups excluding carboxylic acids is 1. The van der Waals surface area contributed by atoms with Crippen LogP contribution in [0.25, 0.3) is 0 Å². The van der Waals surface area contributed by atoms with Crippen LogP contribution in [0.2, 0.25) is 5.02 Å². The molecule has 1 saturated heterocycles. The van der Waals surface area contributed by atoms with Gasteiger partial charge in [0.1, 0.15) is 0 Å². The Morgan fingerprint density at radius 1 is 1.25 bits per heavy atom. The summed E-state index contributed by atoms with van der Waals surface area (Å²) in [5.74, 6) is 1.16. The Bertz CT molecular complexity index is 712. The molecular formula is C19H21ClN2O2. The number of ether oxygens (including phenoxy) is 1. The number of aromatic nitrogens is 1. The molecule has 4 nitrogen and oxygen atoms in total. The number of piperidine rings is 1. The fourth-order valence-electron chi connectivity index (χ4n) is 2.93. The molecule has 1 fully saturated rings. The summed E-state index contributed by atoms with van der Waals surface area (Å²) in [4.78, 5) is 18.7. The fourth-order valence-corrected chi connectivity index (χ4v) is 3.14. The highest BCUT2D eigenvalue weighted by molar-refractivity contribution is 6.33. The van der Waals surface area contributed by atoms with Gasteiger partial charge in [0.15, 0.2) is 0 Å². The van der Waals surface area contributed by atoms with Crippen LogP contribution in [0, 0.1) is 12.8 Å². The number of hydrogen-bond acceptors (Lipinski definition) is 3. The van der Waals surface area contributed by atoms with E-state index in [-0.39, 0.29) is 5.91 Å². The summed E-state index contributed by atoms with van der Waals surface area (Å²) in [5.41, 5.74) is 1.63. The summed E-state index contributed by atoms with van der Waals surface area (Å²) in [6.07, 6.45) is 3.61. The van der Waals surface area contributed by atoms with Crippen molar-refractivity contribution in [2.45, 2.75) is 19.8 Å². The van der Waals surface area contributed by atoms with E-state index in [2.05, 4.69) is 4.98 Å². The molecule has 0 radical (unpaired) electrons. The molecule has 2 aromatic rings. The molecular weight excluding hydrogens is 324 g/mol. The van der Waals surface area contributed by atoms with E-state index in [0.29, 0.717) is 29.0 Å². The quantitative estimate of drug-likeness (QED) is 0.842. The third-order valence-corrected chi connectivity index (χ3v) is 4.75. The van der Waals surface area contributed by atoms with Gasteiger partial charge in [-0.25, -0.2) is 4.98 Å². The Morgan fingerprint density at radius 2 is 2.00 bits per heavy atom. The highest BCUT2D eigenvalue weighted by atomic mass is 35.5. The fraction of sp³-hybridized carbons (Fsp3) is 0.368. The molecule has 0 saturated carbocycles. The molecule has 0 bridgehead atoms. The third-order valence-electron chi connectivity index (χ3n) is 4.42. The van der Waals surface area contributed by atoms with E-state index >= 15 is 0 Å². The van der Waals surface area contributed by atoms with Gasteiger partial charge in [-0.1, -0.05) is 29.8 Å². The molecule has 5 heteroatoms. The second-order valence-electron chi connectivity index (χ2n) is 6.15. The minimum atomic E-state index is 0.0144. The molecule has 1 aromatic carbocycles. The van der Waals surface area contributed by atoms with E-state index in [1.165, 1.54) is 0 Å². The second kappa shape index (κ2) is 7.67. The predicted octanol–water partition coefficient (Wildman–Crippen LogP) is 3.97. The molecule has 0 atom stereocenters. The molecule has 1 aliphatic heterocycles. The molecule has 1 aliphatic rings. The van der Waals surface area contributed by atoms with Gasteiger partial charge in [-0.3, -0.25) is 4.79 Å². The smallest absolute Gasteiger partial charge is 0.255 e. The van der Waals surface area contributed by atoms with Crippen LogP contribution in [0.5, 0.6) is 5.88 Å². The van der Waals surface area contributed by atoms with Crippen molar-refractivity contribution in [2.24, 2.45) is 5.92 Å². The summed E-state index contributed by atoms with van der Waals surface area (Å²) in [6.45, 7) is 4.11. The maximum Gasteiger partial charge on any atom is 0.255 e. The normalized spacial score (nSPS) is 15.3. The number of hydrogen-bond donors (Lipinski definition) is 0. The highest BCUT2D eigenvalue weighted by Crippen LogP contribution is 2.23. The van der Waals surface area contributed by atoms with Crippen molar-refractivity contribution >= 4 is 17.5 Å². The van der Waals surface area contributed by atoms with Gasteiger partial charge in [-0.05, 0) is 43.9 Å². The molecule has 1 aromatic heterocycles. The Balaban J connectivity index is 1.52. The van der Waals surface area contributed by atoms with Crippen LogP contribution in [-0.4, -0.2) is 35.5 Å². The zero-order valence-electron chi connectivity index (χ0n) is 13.7. The predicted molar refractivity (Wildman–Crippen MR) is 94.5 cm³/mol. The van der Waals surface area contributed by atoms with Crippen molar-refractivity contribution in [1.82, 2.24) is 9.88 Å². The summed E-state index contributed by atoms with van der Waals surface area (Å²) < 4.78 is 5.84. The van der Waals surface area contributed by atoms with Crippen LogP contribution in [0.3, 0.4) is 0 Å². The molecule has 24 heavy (non-hydrogen) atoms. The van der Waals surface area contributed by atoms with E-state index < -0.39 is 0 Å². The molecule has 1 amide bonds. The van der Waals surface area contributed by atoms with Crippen molar-refractivity contribution in [3.05, 3.63) is 58.7 Å². The zero-order chi connectivity index (χ0) is 16.9. The van der Waals surface area contributed by atoms with E-state index in [1.54, 1.807) is 18.3 Å². The molecule has 2 heterocycles. The van der Waals surface area contributed by atoms with Gasteiger partial charge >= 0.3 is 0 Å². The summed E-state index contributed by atoms with van der Waals surface area (Å²) in [6, 6.07) is 11.1. The number of halogens is 1. The number of nitrogens with zero attached hydrogens (tertiary/aromatic N) is 2. The Hall–Kier alpha value is -2.07. The molecule has 3 rings (SSSR count). The van der Waals surface area contributed by atoms with Crippen molar-refractivity contribution in [3.63, 3.8) is 0 Å². The number of pyridine rings is 1. The molecule has 126 valence electrons. The monoisotopic (exact) mass is 344 g/mol. The van der Waals surface area contributed by atoms with Crippen LogP contribution in [0.4, 0.5) is 0 Å². The Labute approximate surface area is 147 Å². The van der Waals surface area contributed by atoms with Crippen molar-refractivity contribution in [2.75, 3.05) is 19.7 Å². The minimum Gasteiger partial charge on any atom is -0.477 e. The number of benzene rings is 1. The lowest BCUT2D eigenvalue weighted by molar-refractivity contribution is 0.0659. The van der Waals surface area contributed by atoms with Crippen LogP contribution in [0.1, 0.15) is 28.8 Å². The molecule has 0 aliphatic carbocycles. The molecule has 0 unspecified atom stereocenters. The minimum absolute atomic E-state index is 0.0144. The number of aryl methyl sites for hydroxylation is 1. The summed E-state index contributed by atoms with van der Waals surface area (Å²) in [7, 11) is 0. The van der Waals surface area contributed by atoms with Crippen LogP contribution in [0.15, 0.2) is 42.6 Å². The van der Waals surface area contributed by atoms with Crippen LogP contribution in [-0.2, 0) is 0 Å². The van der Waals surface area contributed by atoms with Crippen molar-refractivity contribution in [1.29, 1.82) is 0 Å². The van der Waals surface area contributed by atoms with Gasteiger partial charge in [0.05, 0.1) is 17.2 Å². The second-order valence-corrected chi connectivity index (χ2v) is 6.56. The van der Waals surface area contributed by atoms with E-state index in [0.717, 1.165) is 31.5 Å². The van der Waals surface area contributed by atoms with Gasteiger partial charge in [0, 0.05) is 24.8 Å². The average Bonchev–Trinajstić information content (AvgIpc) is 2.61. The van der Waals surface area contributed by atoms with Crippen LogP contribution < -0.4 is 4.74 Å². The number of likely N-dealkylation sites (tertiary alicyclic amines) is 1. The maximum absolute atomic E-state index is 12.6. The number of carbonyl (C=O) groups is 1. The standard InChI is InChI=1S/C19H21ClN2O2/c1-14-5-4-10-21-18(14)24-13-15-8-11-22(12-9-15)19(23)16-6-2-3-7-17(16)20/h2-7,10,15H,8-9,11-13H2,1H3. The van der Waals surface area contributed by atoms with Gasteiger partial charge in [0.2, 0.25) is 5.88 Å². The molecule has 0 N–H and O–H groups in total. The van der Waals surface area contributed by atoms with E-state index in [1.807, 2.05) is 36.1 Å². The zero-order valence-corrected chi connectivity index (χ0v) is 14.5. The average molecular weight is 345 g/mol. The van der Waals surface area contributed by atoms with E-state index in [9.17, 15) is 4.79 Å². The third kappa shape index (κ3) is 3.88. The van der Waals surface area contributed by atoms with Crippen molar-refractivity contribution in [3.8, 4) is 5.88 Å². The Morgan fingerprint density at radius 3 is 2.71 bits per heavy atom. The number of rotatable bonds is 4. The largest absolute Gasteiger partial charge is 0.477 e. The van der Waals surface area contributed by atoms with E-state index in [4.69, 9.17) is 16.3 Å². The van der Waals surface area contributed by atoms with Gasteiger partial charge in [-0.2, -0.15) is 0 Å². The van der Waals surface area contributed by atoms with Gasteiger partial charge in [-0.15, -0.1) is 0 Å². The Kier molecular flexibility index (Phi) is 5.36. The topological polar surface area (TPSA) is 42.4 Å². The maximum atomic E-state index is 12.6. The lowest BCUT2D eigenvalue weighted by Gasteiger charge is -2.32. The first-order valence-corrected chi connectivity index (χ1v) is 8.61. The SMILES string of the molecule is Cc1cccnc1OCC1CCN(C(=O)c2ccccc2Cl)CC1. The first-order valence-electron chi connectivity index (χ1n) is 8.23. The lowest BCUT2D eigenvalue weighted by atomic mass is 9.97. The highest BCUT2D eigenvalue weighted by Gasteiger charge is 2.25. The van der Waals surface area contributed by atoms with Gasteiger partial charge < -0.3 is 9.64 Å².